The lowest BCUT2D eigenvalue weighted by atomic mass is 10.2. The molecule has 2 N–H and O–H groups in total. The van der Waals surface area contributed by atoms with Crippen LogP contribution in [-0.4, -0.2) is 25.0 Å². The van der Waals surface area contributed by atoms with Crippen LogP contribution < -0.4 is 16.6 Å². The first-order valence-corrected chi connectivity index (χ1v) is 7.97. The maximum atomic E-state index is 12.1. The summed E-state index contributed by atoms with van der Waals surface area (Å²) in [4.78, 5) is 41.9. The Bertz CT molecular complexity index is 1080. The van der Waals surface area contributed by atoms with Gasteiger partial charge in [-0.25, -0.2) is 9.78 Å². The van der Waals surface area contributed by atoms with Gasteiger partial charge in [-0.3, -0.25) is 19.1 Å². The van der Waals surface area contributed by atoms with Crippen LogP contribution in [0.4, 0.5) is 0 Å². The van der Waals surface area contributed by atoms with Crippen LogP contribution in [0.3, 0.4) is 0 Å². The van der Waals surface area contributed by atoms with Crippen LogP contribution in [0.5, 0.6) is 0 Å². The Labute approximate surface area is 151 Å². The molecule has 2 aromatic heterocycles. The largest absolute Gasteiger partial charge is 0.350 e. The number of H-pyrrole nitrogens is 1. The molecule has 3 aromatic rings. The highest BCUT2D eigenvalue weighted by molar-refractivity contribution is 6.42. The lowest BCUT2D eigenvalue weighted by Gasteiger charge is -2.07. The average molecular weight is 382 g/mol. The molecule has 1 aromatic carbocycles. The van der Waals surface area contributed by atoms with Crippen LogP contribution in [0.2, 0.25) is 10.0 Å². The number of rotatable bonds is 4. The van der Waals surface area contributed by atoms with Crippen molar-refractivity contribution in [1.82, 2.24) is 24.4 Å². The van der Waals surface area contributed by atoms with Crippen molar-refractivity contribution < 1.29 is 4.79 Å². The number of halogens is 2. The van der Waals surface area contributed by atoms with E-state index < -0.39 is 11.2 Å². The van der Waals surface area contributed by atoms with E-state index in [2.05, 4.69) is 15.3 Å². The zero-order chi connectivity index (χ0) is 18.1. The van der Waals surface area contributed by atoms with Crippen molar-refractivity contribution in [2.75, 3.05) is 0 Å². The van der Waals surface area contributed by atoms with Gasteiger partial charge in [0, 0.05) is 13.6 Å². The van der Waals surface area contributed by atoms with Gasteiger partial charge in [-0.15, -0.1) is 0 Å². The summed E-state index contributed by atoms with van der Waals surface area (Å²) in [6.07, 6.45) is 1.35. The summed E-state index contributed by atoms with van der Waals surface area (Å²) in [7, 11) is 1.49. The molecule has 0 aliphatic heterocycles. The molecule has 0 fully saturated rings. The molecule has 3 rings (SSSR count). The van der Waals surface area contributed by atoms with Gasteiger partial charge in [-0.1, -0.05) is 29.3 Å². The van der Waals surface area contributed by atoms with Crippen molar-refractivity contribution >= 4 is 40.3 Å². The number of nitrogens with one attached hydrogen (secondary N) is 2. The lowest BCUT2D eigenvalue weighted by molar-refractivity contribution is -0.121. The van der Waals surface area contributed by atoms with Gasteiger partial charge in [0.05, 0.1) is 16.4 Å². The third kappa shape index (κ3) is 3.45. The highest BCUT2D eigenvalue weighted by Gasteiger charge is 2.13. The van der Waals surface area contributed by atoms with Crippen molar-refractivity contribution in [2.45, 2.75) is 13.1 Å². The number of imidazole rings is 1. The zero-order valence-corrected chi connectivity index (χ0v) is 14.6. The number of carbonyl (C=O) groups excluding carboxylic acids is 1. The molecule has 130 valence electrons. The lowest BCUT2D eigenvalue weighted by Crippen LogP contribution is -2.31. The highest BCUT2D eigenvalue weighted by Crippen LogP contribution is 2.22. The third-order valence-electron chi connectivity index (χ3n) is 3.66. The number of hydrogen-bond donors (Lipinski definition) is 2. The molecule has 0 atom stereocenters. The fourth-order valence-corrected chi connectivity index (χ4v) is 2.69. The molecule has 0 unspecified atom stereocenters. The maximum absolute atomic E-state index is 12.1. The number of aryl methyl sites for hydroxylation is 1. The summed E-state index contributed by atoms with van der Waals surface area (Å²) in [6.45, 7) is 0.149. The number of benzene rings is 1. The molecule has 2 heterocycles. The topological polar surface area (TPSA) is 102 Å². The first-order chi connectivity index (χ1) is 11.9. The predicted molar refractivity (Wildman–Crippen MR) is 93.9 cm³/mol. The number of aromatic amines is 1. The van der Waals surface area contributed by atoms with Crippen molar-refractivity contribution in [2.24, 2.45) is 7.05 Å². The molecule has 10 heteroatoms. The molecule has 0 spiro atoms. The number of hydrogen-bond acceptors (Lipinski definition) is 4. The van der Waals surface area contributed by atoms with E-state index >= 15 is 0 Å². The molecular weight excluding hydrogens is 369 g/mol. The summed E-state index contributed by atoms with van der Waals surface area (Å²) in [6, 6.07) is 5.06. The minimum atomic E-state index is -0.590. The highest BCUT2D eigenvalue weighted by atomic mass is 35.5. The van der Waals surface area contributed by atoms with E-state index in [1.807, 2.05) is 0 Å². The van der Waals surface area contributed by atoms with Crippen molar-refractivity contribution in [3.05, 3.63) is 61.0 Å². The van der Waals surface area contributed by atoms with E-state index in [0.29, 0.717) is 10.0 Å². The van der Waals surface area contributed by atoms with Crippen LogP contribution >= 0.6 is 23.2 Å². The fraction of sp³-hybridized carbons (Fsp3) is 0.200. The van der Waals surface area contributed by atoms with E-state index in [1.54, 1.807) is 18.2 Å². The Hall–Kier alpha value is -2.58. The molecule has 25 heavy (non-hydrogen) atoms. The van der Waals surface area contributed by atoms with Crippen molar-refractivity contribution in [3.63, 3.8) is 0 Å². The Morgan fingerprint density at radius 3 is 2.76 bits per heavy atom. The van der Waals surface area contributed by atoms with Gasteiger partial charge in [0.1, 0.15) is 6.54 Å². The SMILES string of the molecule is Cn1c(=O)[nH]c(=O)c2c1ncn2CC(=O)NCc1ccc(Cl)c(Cl)c1. The van der Waals surface area contributed by atoms with Crippen molar-refractivity contribution in [1.29, 1.82) is 0 Å². The molecule has 0 radical (unpaired) electrons. The summed E-state index contributed by atoms with van der Waals surface area (Å²) in [5, 5.41) is 3.56. The summed E-state index contributed by atoms with van der Waals surface area (Å²) < 4.78 is 2.60. The predicted octanol–water partition coefficient (Wildman–Crippen LogP) is 1.05. The van der Waals surface area contributed by atoms with Crippen LogP contribution in [0.15, 0.2) is 34.1 Å². The maximum Gasteiger partial charge on any atom is 0.329 e. The Balaban J connectivity index is 1.76. The molecule has 0 saturated carbocycles. The van der Waals surface area contributed by atoms with E-state index in [0.717, 1.165) is 5.56 Å². The quantitative estimate of drug-likeness (QED) is 0.704. The van der Waals surface area contributed by atoms with E-state index in [-0.39, 0.29) is 30.2 Å². The number of carbonyl (C=O) groups is 1. The monoisotopic (exact) mass is 381 g/mol. The Kier molecular flexibility index (Phi) is 4.65. The number of fused-ring (bicyclic) bond motifs is 1. The average Bonchev–Trinajstić information content (AvgIpc) is 2.98. The molecule has 8 nitrogen and oxygen atoms in total. The summed E-state index contributed by atoms with van der Waals surface area (Å²) >= 11 is 11.8. The van der Waals surface area contributed by atoms with E-state index in [1.165, 1.54) is 22.5 Å². The smallest absolute Gasteiger partial charge is 0.329 e. The molecule has 0 bridgehead atoms. The van der Waals surface area contributed by atoms with Crippen molar-refractivity contribution in [3.8, 4) is 0 Å². The normalized spacial score (nSPS) is 11.0. The standard InChI is InChI=1S/C15H13Cl2N5O3/c1-21-13-12(14(24)20-15(21)25)22(7-19-13)6-11(23)18-5-8-2-3-9(16)10(17)4-8/h2-4,7H,5-6H2,1H3,(H,18,23)(H,20,24,25). The zero-order valence-electron chi connectivity index (χ0n) is 13.0. The minimum absolute atomic E-state index is 0.112. The van der Waals surface area contributed by atoms with Gasteiger partial charge in [-0.05, 0) is 17.7 Å². The summed E-state index contributed by atoms with van der Waals surface area (Å²) in [5.74, 6) is -0.321. The van der Waals surface area contributed by atoms with Crippen LogP contribution in [0, 0.1) is 0 Å². The first-order valence-electron chi connectivity index (χ1n) is 7.21. The molecule has 0 aliphatic rings. The second-order valence-corrected chi connectivity index (χ2v) is 6.20. The van der Waals surface area contributed by atoms with Crippen LogP contribution in [-0.2, 0) is 24.9 Å². The molecule has 0 aliphatic carbocycles. The second kappa shape index (κ2) is 6.73. The van der Waals surface area contributed by atoms with Gasteiger partial charge in [0.15, 0.2) is 11.2 Å². The van der Waals surface area contributed by atoms with Crippen LogP contribution in [0.25, 0.3) is 11.2 Å². The molecule has 0 saturated heterocycles. The number of nitrogens with zero attached hydrogens (tertiary/aromatic N) is 3. The van der Waals surface area contributed by atoms with E-state index in [9.17, 15) is 14.4 Å². The Morgan fingerprint density at radius 2 is 2.04 bits per heavy atom. The summed E-state index contributed by atoms with van der Waals surface area (Å²) in [5.41, 5.74) is 0.0102. The molecule has 1 amide bonds. The van der Waals surface area contributed by atoms with Gasteiger partial charge in [0.2, 0.25) is 5.91 Å². The third-order valence-corrected chi connectivity index (χ3v) is 4.40. The fourth-order valence-electron chi connectivity index (χ4n) is 2.37. The first kappa shape index (κ1) is 17.2. The van der Waals surface area contributed by atoms with Gasteiger partial charge < -0.3 is 9.88 Å². The number of amides is 1. The second-order valence-electron chi connectivity index (χ2n) is 5.39. The van der Waals surface area contributed by atoms with Crippen LogP contribution in [0.1, 0.15) is 5.56 Å². The molecular formula is C15H13Cl2N5O3. The van der Waals surface area contributed by atoms with Gasteiger partial charge >= 0.3 is 5.69 Å². The van der Waals surface area contributed by atoms with E-state index in [4.69, 9.17) is 23.2 Å². The van der Waals surface area contributed by atoms with Gasteiger partial charge in [-0.2, -0.15) is 0 Å². The van der Waals surface area contributed by atoms with Gasteiger partial charge in [0.25, 0.3) is 5.56 Å². The number of aromatic nitrogens is 4. The minimum Gasteiger partial charge on any atom is -0.350 e. The Morgan fingerprint density at radius 1 is 1.28 bits per heavy atom.